The van der Waals surface area contributed by atoms with Gasteiger partial charge in [-0.2, -0.15) is 0 Å². The fourth-order valence-corrected chi connectivity index (χ4v) is 1.96. The Hall–Kier alpha value is -1.79. The average Bonchev–Trinajstić information content (AvgIpc) is 2.67. The molecule has 104 valence electrons. The summed E-state index contributed by atoms with van der Waals surface area (Å²) in [5.74, 6) is -1.03. The van der Waals surface area contributed by atoms with Crippen LogP contribution in [0.3, 0.4) is 0 Å². The normalized spacial score (nSPS) is 21.3. The van der Waals surface area contributed by atoms with Gasteiger partial charge in [-0.15, -0.1) is 0 Å². The zero-order valence-electron chi connectivity index (χ0n) is 11.1. The van der Waals surface area contributed by atoms with Gasteiger partial charge in [-0.25, -0.2) is 0 Å². The van der Waals surface area contributed by atoms with Crippen molar-refractivity contribution in [1.29, 1.82) is 0 Å². The quantitative estimate of drug-likeness (QED) is 0.703. The first-order valence-electron chi connectivity index (χ1n) is 6.12. The number of amides is 1. The predicted molar refractivity (Wildman–Crippen MR) is 72.8 cm³/mol. The van der Waals surface area contributed by atoms with Crippen molar-refractivity contribution in [3.05, 3.63) is 23.8 Å². The Balaban J connectivity index is 1.95. The number of carbonyl (C=O) groups is 1. The van der Waals surface area contributed by atoms with Crippen molar-refractivity contribution >= 4 is 17.3 Å². The molecule has 0 bridgehead atoms. The minimum absolute atomic E-state index is 0.0229. The molecule has 5 N–H and O–H groups in total. The van der Waals surface area contributed by atoms with Crippen molar-refractivity contribution in [1.82, 2.24) is 0 Å². The van der Waals surface area contributed by atoms with E-state index in [2.05, 4.69) is 5.32 Å². The number of hydrogen-bond donors (Lipinski definition) is 3. The minimum Gasteiger partial charge on any atom is -0.397 e. The summed E-state index contributed by atoms with van der Waals surface area (Å²) in [6.45, 7) is 4.88. The van der Waals surface area contributed by atoms with Crippen molar-refractivity contribution in [3.8, 4) is 0 Å². The van der Waals surface area contributed by atoms with Gasteiger partial charge in [0.15, 0.2) is 5.79 Å². The molecule has 1 aromatic carbocycles. The molecule has 6 nitrogen and oxygen atoms in total. The SMILES string of the molecule is CC1(C)OC[C@@H](CNc2ccc(C(N)=O)cc2N)O1. The Bertz CT molecular complexity index is 488. The molecule has 0 saturated carbocycles. The van der Waals surface area contributed by atoms with Crippen LogP contribution in [0, 0.1) is 0 Å². The number of ether oxygens (including phenoxy) is 2. The number of rotatable bonds is 4. The summed E-state index contributed by atoms with van der Waals surface area (Å²) in [7, 11) is 0. The Morgan fingerprint density at radius 1 is 1.53 bits per heavy atom. The first-order valence-corrected chi connectivity index (χ1v) is 6.12. The van der Waals surface area contributed by atoms with E-state index in [4.69, 9.17) is 20.9 Å². The van der Waals surface area contributed by atoms with Crippen LogP contribution in [-0.4, -0.2) is 30.9 Å². The number of carbonyl (C=O) groups excluding carboxylic acids is 1. The van der Waals surface area contributed by atoms with Gasteiger partial charge >= 0.3 is 0 Å². The van der Waals surface area contributed by atoms with Gasteiger partial charge in [0.25, 0.3) is 0 Å². The Morgan fingerprint density at radius 3 is 2.79 bits per heavy atom. The van der Waals surface area contributed by atoms with Crippen LogP contribution in [-0.2, 0) is 9.47 Å². The standard InChI is InChI=1S/C13H19N3O3/c1-13(2)18-7-9(19-13)6-16-11-4-3-8(12(15)17)5-10(11)14/h3-5,9,16H,6-7,14H2,1-2H3,(H2,15,17)/t9-/m1/s1. The molecular formula is C13H19N3O3. The van der Waals surface area contributed by atoms with Crippen molar-refractivity contribution in [2.75, 3.05) is 24.2 Å². The lowest BCUT2D eigenvalue weighted by Crippen LogP contribution is -2.26. The molecule has 1 amide bonds. The maximum atomic E-state index is 11.0. The van der Waals surface area contributed by atoms with Crippen LogP contribution in [0.4, 0.5) is 11.4 Å². The van der Waals surface area contributed by atoms with Crippen LogP contribution in [0.25, 0.3) is 0 Å². The van der Waals surface area contributed by atoms with Gasteiger partial charge in [0.05, 0.1) is 18.0 Å². The number of nitrogen functional groups attached to an aromatic ring is 1. The van der Waals surface area contributed by atoms with Gasteiger partial charge in [-0.1, -0.05) is 0 Å². The molecule has 1 atom stereocenters. The molecule has 2 rings (SSSR count). The maximum Gasteiger partial charge on any atom is 0.248 e. The monoisotopic (exact) mass is 265 g/mol. The number of nitrogens with one attached hydrogen (secondary N) is 1. The molecule has 1 heterocycles. The molecule has 6 heteroatoms. The maximum absolute atomic E-state index is 11.0. The summed E-state index contributed by atoms with van der Waals surface area (Å²) in [6, 6.07) is 4.92. The first-order chi connectivity index (χ1) is 8.87. The molecule has 1 aliphatic rings. The molecule has 0 aliphatic carbocycles. The minimum atomic E-state index is -0.534. The largest absolute Gasteiger partial charge is 0.397 e. The summed E-state index contributed by atoms with van der Waals surface area (Å²) in [5.41, 5.74) is 12.7. The lowest BCUT2D eigenvalue weighted by molar-refractivity contribution is -0.136. The topological polar surface area (TPSA) is 99.6 Å². The van der Waals surface area contributed by atoms with Crippen LogP contribution < -0.4 is 16.8 Å². The smallest absolute Gasteiger partial charge is 0.248 e. The summed E-state index contributed by atoms with van der Waals surface area (Å²) >= 11 is 0. The molecule has 1 fully saturated rings. The van der Waals surface area contributed by atoms with E-state index in [1.807, 2.05) is 13.8 Å². The molecule has 0 aromatic heterocycles. The van der Waals surface area contributed by atoms with Crippen molar-refractivity contribution in [2.24, 2.45) is 5.73 Å². The molecule has 1 aliphatic heterocycles. The zero-order valence-corrected chi connectivity index (χ0v) is 11.1. The van der Waals surface area contributed by atoms with Gasteiger partial charge in [0.2, 0.25) is 5.91 Å². The second-order valence-electron chi connectivity index (χ2n) is 5.00. The van der Waals surface area contributed by atoms with Crippen molar-refractivity contribution in [3.63, 3.8) is 0 Å². The highest BCUT2D eigenvalue weighted by Gasteiger charge is 2.32. The number of nitrogens with two attached hydrogens (primary N) is 2. The van der Waals surface area contributed by atoms with Crippen molar-refractivity contribution < 1.29 is 14.3 Å². The van der Waals surface area contributed by atoms with E-state index in [0.29, 0.717) is 24.4 Å². The third kappa shape index (κ3) is 3.36. The Labute approximate surface area is 112 Å². The molecule has 0 radical (unpaired) electrons. The first kappa shape index (κ1) is 13.6. The lowest BCUT2D eigenvalue weighted by atomic mass is 10.1. The third-order valence-electron chi connectivity index (χ3n) is 2.92. The number of primary amides is 1. The Morgan fingerprint density at radius 2 is 2.26 bits per heavy atom. The van der Waals surface area contributed by atoms with E-state index in [-0.39, 0.29) is 6.10 Å². The van der Waals surface area contributed by atoms with E-state index in [1.54, 1.807) is 18.2 Å². The van der Waals surface area contributed by atoms with Gasteiger partial charge in [0.1, 0.15) is 6.10 Å². The number of anilines is 2. The van der Waals surface area contributed by atoms with Crippen molar-refractivity contribution in [2.45, 2.75) is 25.7 Å². The van der Waals surface area contributed by atoms with Crippen LogP contribution >= 0.6 is 0 Å². The average molecular weight is 265 g/mol. The molecule has 1 aromatic rings. The highest BCUT2D eigenvalue weighted by atomic mass is 16.7. The predicted octanol–water partition coefficient (Wildman–Crippen LogP) is 0.931. The van der Waals surface area contributed by atoms with Crippen LogP contribution in [0.1, 0.15) is 24.2 Å². The van der Waals surface area contributed by atoms with Crippen LogP contribution in [0.15, 0.2) is 18.2 Å². The van der Waals surface area contributed by atoms with Gasteiger partial charge in [0, 0.05) is 12.1 Å². The van der Waals surface area contributed by atoms with E-state index < -0.39 is 11.7 Å². The number of benzene rings is 1. The fourth-order valence-electron chi connectivity index (χ4n) is 1.96. The van der Waals surface area contributed by atoms with Crippen LogP contribution in [0.2, 0.25) is 0 Å². The van der Waals surface area contributed by atoms with E-state index in [1.165, 1.54) is 0 Å². The second-order valence-corrected chi connectivity index (χ2v) is 5.00. The lowest BCUT2D eigenvalue weighted by Gasteiger charge is -2.18. The fraction of sp³-hybridized carbons (Fsp3) is 0.462. The zero-order chi connectivity index (χ0) is 14.0. The highest BCUT2D eigenvalue weighted by Crippen LogP contribution is 2.24. The third-order valence-corrected chi connectivity index (χ3v) is 2.92. The summed E-state index contributed by atoms with van der Waals surface area (Å²) in [4.78, 5) is 11.0. The highest BCUT2D eigenvalue weighted by molar-refractivity contribution is 5.94. The second kappa shape index (κ2) is 5.07. The molecule has 0 unspecified atom stereocenters. The Kier molecular flexibility index (Phi) is 3.64. The van der Waals surface area contributed by atoms with E-state index >= 15 is 0 Å². The van der Waals surface area contributed by atoms with E-state index in [0.717, 1.165) is 5.69 Å². The van der Waals surface area contributed by atoms with Gasteiger partial charge in [-0.05, 0) is 32.0 Å². The summed E-state index contributed by atoms with van der Waals surface area (Å²) in [6.07, 6.45) is -0.0229. The van der Waals surface area contributed by atoms with E-state index in [9.17, 15) is 4.79 Å². The van der Waals surface area contributed by atoms with Crippen LogP contribution in [0.5, 0.6) is 0 Å². The van der Waals surface area contributed by atoms with Gasteiger partial charge in [-0.3, -0.25) is 4.79 Å². The molecular weight excluding hydrogens is 246 g/mol. The number of hydrogen-bond acceptors (Lipinski definition) is 5. The van der Waals surface area contributed by atoms with Gasteiger partial charge < -0.3 is 26.3 Å². The summed E-state index contributed by atoms with van der Waals surface area (Å²) in [5, 5.41) is 3.18. The molecule has 1 saturated heterocycles. The summed E-state index contributed by atoms with van der Waals surface area (Å²) < 4.78 is 11.1. The molecule has 0 spiro atoms. The molecule has 19 heavy (non-hydrogen) atoms.